The Kier molecular flexibility index (Phi) is 4.96. The number of amides is 1. The molecule has 156 valence electrons. The highest BCUT2D eigenvalue weighted by Gasteiger charge is 2.32. The van der Waals surface area contributed by atoms with E-state index in [4.69, 9.17) is 9.72 Å². The number of carbonyl (C=O) groups is 1. The molecule has 5 rings (SSSR count). The Labute approximate surface area is 174 Å². The summed E-state index contributed by atoms with van der Waals surface area (Å²) in [6.07, 6.45) is 5.33. The number of nitrogens with zero attached hydrogens (tertiary/aromatic N) is 5. The zero-order valence-electron chi connectivity index (χ0n) is 17.0. The van der Waals surface area contributed by atoms with Gasteiger partial charge in [0.1, 0.15) is 23.1 Å². The Bertz CT molecular complexity index is 1050. The molecule has 2 aliphatic rings. The molecule has 1 unspecified atom stereocenters. The summed E-state index contributed by atoms with van der Waals surface area (Å²) in [7, 11) is 1.70. The number of fused-ring (bicyclic) bond motifs is 1. The lowest BCUT2D eigenvalue weighted by atomic mass is 10.1. The molecular formula is C21H25N7O2. The van der Waals surface area contributed by atoms with E-state index >= 15 is 0 Å². The minimum atomic E-state index is -0.179. The molecule has 3 aromatic rings. The molecule has 0 aliphatic carbocycles. The van der Waals surface area contributed by atoms with Crippen LogP contribution in [0.4, 0.5) is 11.5 Å². The van der Waals surface area contributed by atoms with Crippen LogP contribution in [0.25, 0.3) is 22.3 Å². The van der Waals surface area contributed by atoms with Crippen LogP contribution in [0, 0.1) is 0 Å². The molecule has 9 heteroatoms. The van der Waals surface area contributed by atoms with E-state index < -0.39 is 0 Å². The van der Waals surface area contributed by atoms with Crippen molar-refractivity contribution in [1.82, 2.24) is 25.5 Å². The number of aromatic amines is 1. The number of anilines is 2. The van der Waals surface area contributed by atoms with E-state index in [-0.39, 0.29) is 11.9 Å². The molecule has 2 saturated heterocycles. The molecule has 2 fully saturated rings. The molecule has 1 amide bonds. The number of pyridine rings is 2. The quantitative estimate of drug-likeness (QED) is 0.677. The van der Waals surface area contributed by atoms with Crippen LogP contribution >= 0.6 is 0 Å². The van der Waals surface area contributed by atoms with E-state index in [1.165, 1.54) is 0 Å². The Morgan fingerprint density at radius 2 is 2.10 bits per heavy atom. The van der Waals surface area contributed by atoms with Crippen LogP contribution in [0.15, 0.2) is 30.6 Å². The molecule has 9 nitrogen and oxygen atoms in total. The highest BCUT2D eigenvalue weighted by Crippen LogP contribution is 2.37. The average Bonchev–Trinajstić information content (AvgIpc) is 3.50. The second-order valence-corrected chi connectivity index (χ2v) is 7.59. The molecule has 0 radical (unpaired) electrons. The predicted molar refractivity (Wildman–Crippen MR) is 115 cm³/mol. The number of nitrogens with one attached hydrogen (secondary N) is 2. The third kappa shape index (κ3) is 3.24. The topological polar surface area (TPSA) is 99.3 Å². The zero-order valence-corrected chi connectivity index (χ0v) is 17.0. The fraction of sp³-hybridized carbons (Fsp3) is 0.429. The minimum Gasteiger partial charge on any atom is -0.378 e. The van der Waals surface area contributed by atoms with Gasteiger partial charge in [-0.05, 0) is 25.0 Å². The van der Waals surface area contributed by atoms with E-state index in [9.17, 15) is 4.79 Å². The number of ether oxygens (including phenoxy) is 1. The van der Waals surface area contributed by atoms with Gasteiger partial charge >= 0.3 is 0 Å². The highest BCUT2D eigenvalue weighted by atomic mass is 16.5. The first-order valence-electron chi connectivity index (χ1n) is 10.4. The number of likely N-dealkylation sites (N-methyl/N-ethyl adjacent to an activating group) is 1. The van der Waals surface area contributed by atoms with Crippen molar-refractivity contribution in [2.75, 3.05) is 49.7 Å². The van der Waals surface area contributed by atoms with Gasteiger partial charge in [-0.15, -0.1) is 0 Å². The van der Waals surface area contributed by atoms with E-state index in [0.717, 1.165) is 66.3 Å². The Balaban J connectivity index is 1.70. The summed E-state index contributed by atoms with van der Waals surface area (Å²) in [4.78, 5) is 26.6. The van der Waals surface area contributed by atoms with Crippen LogP contribution in [0.3, 0.4) is 0 Å². The van der Waals surface area contributed by atoms with Crippen molar-refractivity contribution >= 4 is 28.3 Å². The number of carbonyl (C=O) groups excluding carboxylic acids is 1. The Morgan fingerprint density at radius 1 is 1.23 bits per heavy atom. The monoisotopic (exact) mass is 407 g/mol. The fourth-order valence-electron chi connectivity index (χ4n) is 4.39. The van der Waals surface area contributed by atoms with Crippen molar-refractivity contribution in [2.24, 2.45) is 0 Å². The summed E-state index contributed by atoms with van der Waals surface area (Å²) < 4.78 is 5.53. The first kappa shape index (κ1) is 18.8. The van der Waals surface area contributed by atoms with Crippen molar-refractivity contribution in [3.63, 3.8) is 0 Å². The SMILES string of the molecule is CNC(=O)C1CCCN1c1cc(N2CCOCC2)nc2c(-c3ccn[nH]3)nccc12. The van der Waals surface area contributed by atoms with Crippen molar-refractivity contribution in [3.05, 3.63) is 30.6 Å². The lowest BCUT2D eigenvalue weighted by Crippen LogP contribution is -2.42. The number of aromatic nitrogens is 4. The molecule has 3 aromatic heterocycles. The number of rotatable bonds is 4. The molecule has 2 aliphatic heterocycles. The number of H-pyrrole nitrogens is 1. The van der Waals surface area contributed by atoms with Gasteiger partial charge in [0.05, 0.1) is 24.6 Å². The van der Waals surface area contributed by atoms with E-state index in [0.29, 0.717) is 13.2 Å². The molecule has 2 N–H and O–H groups in total. The number of morpholine rings is 1. The van der Waals surface area contributed by atoms with Crippen molar-refractivity contribution in [3.8, 4) is 11.4 Å². The van der Waals surface area contributed by atoms with Gasteiger partial charge in [0, 0.05) is 50.5 Å². The van der Waals surface area contributed by atoms with E-state index in [1.54, 1.807) is 19.4 Å². The molecule has 5 heterocycles. The molecule has 1 atom stereocenters. The third-order valence-corrected chi connectivity index (χ3v) is 5.89. The normalized spacial score (nSPS) is 19.4. The smallest absolute Gasteiger partial charge is 0.242 e. The van der Waals surface area contributed by atoms with Gasteiger partial charge in [-0.3, -0.25) is 14.9 Å². The molecule has 0 spiro atoms. The summed E-state index contributed by atoms with van der Waals surface area (Å²) in [5.41, 5.74) is 3.42. The molecule has 0 saturated carbocycles. The second kappa shape index (κ2) is 7.91. The molecule has 0 bridgehead atoms. The van der Waals surface area contributed by atoms with Crippen molar-refractivity contribution < 1.29 is 9.53 Å². The first-order valence-corrected chi connectivity index (χ1v) is 10.4. The van der Waals surface area contributed by atoms with Crippen LogP contribution < -0.4 is 15.1 Å². The third-order valence-electron chi connectivity index (χ3n) is 5.89. The van der Waals surface area contributed by atoms with Crippen LogP contribution in [-0.2, 0) is 9.53 Å². The van der Waals surface area contributed by atoms with Gasteiger partial charge in [0.2, 0.25) is 5.91 Å². The second-order valence-electron chi connectivity index (χ2n) is 7.59. The van der Waals surface area contributed by atoms with Gasteiger partial charge in [-0.1, -0.05) is 0 Å². The molecule has 0 aromatic carbocycles. The Hall–Kier alpha value is -3.20. The maximum Gasteiger partial charge on any atom is 0.242 e. The first-order chi connectivity index (χ1) is 14.8. The van der Waals surface area contributed by atoms with Gasteiger partial charge in [-0.2, -0.15) is 5.10 Å². The summed E-state index contributed by atoms with van der Waals surface area (Å²) >= 11 is 0. The summed E-state index contributed by atoms with van der Waals surface area (Å²) in [5, 5.41) is 10.9. The van der Waals surface area contributed by atoms with Crippen LogP contribution in [0.1, 0.15) is 12.8 Å². The van der Waals surface area contributed by atoms with Crippen LogP contribution in [-0.4, -0.2) is 72.0 Å². The van der Waals surface area contributed by atoms with Crippen LogP contribution in [0.2, 0.25) is 0 Å². The van der Waals surface area contributed by atoms with Gasteiger partial charge in [-0.25, -0.2) is 4.98 Å². The summed E-state index contributed by atoms with van der Waals surface area (Å²) in [6.45, 7) is 3.77. The van der Waals surface area contributed by atoms with E-state index in [1.807, 2.05) is 12.1 Å². The molecule has 30 heavy (non-hydrogen) atoms. The van der Waals surface area contributed by atoms with Crippen LogP contribution in [0.5, 0.6) is 0 Å². The zero-order chi connectivity index (χ0) is 20.5. The van der Waals surface area contributed by atoms with Gasteiger partial charge < -0.3 is 19.9 Å². The summed E-state index contributed by atoms with van der Waals surface area (Å²) in [5.74, 6) is 0.936. The average molecular weight is 407 g/mol. The number of hydrogen-bond donors (Lipinski definition) is 2. The maximum atomic E-state index is 12.6. The standard InChI is InChI=1S/C21H25N7O2/c1-22-21(29)16-3-2-8-28(16)17-13-18(27-9-11-30-12-10-27)25-19-14(17)4-6-23-20(19)15-5-7-24-26-15/h4-7,13,16H,2-3,8-12H2,1H3,(H,22,29)(H,24,26). The number of hydrogen-bond acceptors (Lipinski definition) is 7. The van der Waals surface area contributed by atoms with E-state index in [2.05, 4.69) is 36.4 Å². The van der Waals surface area contributed by atoms with Gasteiger partial charge in [0.15, 0.2) is 0 Å². The largest absolute Gasteiger partial charge is 0.378 e. The Morgan fingerprint density at radius 3 is 2.87 bits per heavy atom. The van der Waals surface area contributed by atoms with Crippen molar-refractivity contribution in [1.29, 1.82) is 0 Å². The molecular weight excluding hydrogens is 382 g/mol. The lowest BCUT2D eigenvalue weighted by Gasteiger charge is -2.31. The predicted octanol–water partition coefficient (Wildman–Crippen LogP) is 1.57. The lowest BCUT2D eigenvalue weighted by molar-refractivity contribution is -0.121. The summed E-state index contributed by atoms with van der Waals surface area (Å²) in [6, 6.07) is 5.82. The minimum absolute atomic E-state index is 0.0493. The maximum absolute atomic E-state index is 12.6. The van der Waals surface area contributed by atoms with Gasteiger partial charge in [0.25, 0.3) is 0 Å². The fourth-order valence-corrected chi connectivity index (χ4v) is 4.39. The van der Waals surface area contributed by atoms with Crippen molar-refractivity contribution in [2.45, 2.75) is 18.9 Å². The highest BCUT2D eigenvalue weighted by molar-refractivity contribution is 6.01.